The maximum absolute atomic E-state index is 5.53. The lowest BCUT2D eigenvalue weighted by Gasteiger charge is -2.13. The first kappa shape index (κ1) is 14.9. The number of aliphatic imine (C=N–C) groups is 1. The molecule has 0 bridgehead atoms. The van der Waals surface area contributed by atoms with Gasteiger partial charge in [-0.25, -0.2) is 10.8 Å². The number of benzene rings is 2. The number of nitrogens with one attached hydrogen (secondary N) is 2. The summed E-state index contributed by atoms with van der Waals surface area (Å²) < 4.78 is 5.15. The first-order valence-electron chi connectivity index (χ1n) is 6.73. The number of rotatable bonds is 4. The van der Waals surface area contributed by atoms with Crippen molar-refractivity contribution in [2.45, 2.75) is 13.0 Å². The Morgan fingerprint density at radius 1 is 1.10 bits per heavy atom. The van der Waals surface area contributed by atoms with Gasteiger partial charge in [-0.1, -0.05) is 30.3 Å². The summed E-state index contributed by atoms with van der Waals surface area (Å²) in [6.45, 7) is 2.01. The lowest BCUT2D eigenvalue weighted by atomic mass is 10.1. The summed E-state index contributed by atoms with van der Waals surface area (Å²) in [6, 6.07) is 17.5. The van der Waals surface area contributed by atoms with Crippen LogP contribution in [0.4, 0.5) is 5.69 Å². The van der Waals surface area contributed by atoms with Gasteiger partial charge in [0.25, 0.3) is 0 Å². The zero-order chi connectivity index (χ0) is 15.1. The van der Waals surface area contributed by atoms with Crippen molar-refractivity contribution in [3.63, 3.8) is 0 Å². The molecule has 1 unspecified atom stereocenters. The van der Waals surface area contributed by atoms with Crippen LogP contribution in [0.25, 0.3) is 0 Å². The Bertz CT molecular complexity index is 581. The molecule has 110 valence electrons. The predicted octanol–water partition coefficient (Wildman–Crippen LogP) is 2.69. The molecule has 0 saturated carbocycles. The second kappa shape index (κ2) is 7.31. The van der Waals surface area contributed by atoms with Gasteiger partial charge in [-0.15, -0.1) is 0 Å². The molecule has 0 fully saturated rings. The molecule has 0 amide bonds. The van der Waals surface area contributed by atoms with Crippen molar-refractivity contribution in [1.82, 2.24) is 5.43 Å². The highest BCUT2D eigenvalue weighted by Gasteiger charge is 2.06. The Balaban J connectivity index is 2.10. The van der Waals surface area contributed by atoms with Crippen molar-refractivity contribution < 1.29 is 4.74 Å². The van der Waals surface area contributed by atoms with Crippen LogP contribution in [0.3, 0.4) is 0 Å². The number of hydrogen-bond acceptors (Lipinski definition) is 3. The fourth-order valence-electron chi connectivity index (χ4n) is 1.91. The average Bonchev–Trinajstić information content (AvgIpc) is 2.55. The van der Waals surface area contributed by atoms with Gasteiger partial charge >= 0.3 is 0 Å². The van der Waals surface area contributed by atoms with Gasteiger partial charge in [0.2, 0.25) is 5.96 Å². The van der Waals surface area contributed by atoms with E-state index < -0.39 is 0 Å². The van der Waals surface area contributed by atoms with Crippen LogP contribution in [0.5, 0.6) is 5.75 Å². The van der Waals surface area contributed by atoms with E-state index in [1.54, 1.807) is 7.11 Å². The molecule has 2 aromatic carbocycles. The van der Waals surface area contributed by atoms with Gasteiger partial charge in [0.15, 0.2) is 0 Å². The lowest BCUT2D eigenvalue weighted by molar-refractivity contribution is 0.414. The van der Waals surface area contributed by atoms with Gasteiger partial charge in [0.05, 0.1) is 13.2 Å². The molecule has 2 aromatic rings. The van der Waals surface area contributed by atoms with Crippen molar-refractivity contribution in [3.8, 4) is 5.75 Å². The van der Waals surface area contributed by atoms with Gasteiger partial charge in [0.1, 0.15) is 5.75 Å². The summed E-state index contributed by atoms with van der Waals surface area (Å²) in [4.78, 5) is 4.54. The van der Waals surface area contributed by atoms with Crippen molar-refractivity contribution in [1.29, 1.82) is 0 Å². The van der Waals surface area contributed by atoms with Crippen LogP contribution in [0.1, 0.15) is 18.5 Å². The number of nitrogens with zero attached hydrogens (tertiary/aromatic N) is 1. The molecule has 5 heteroatoms. The minimum atomic E-state index is -0.0295. The third-order valence-corrected chi connectivity index (χ3v) is 3.09. The number of nitrogens with two attached hydrogens (primary N) is 1. The lowest BCUT2D eigenvalue weighted by Crippen LogP contribution is -2.36. The number of hydrazine groups is 1. The summed E-state index contributed by atoms with van der Waals surface area (Å²) in [5.74, 6) is 6.88. The molecule has 1 atom stereocenters. The smallest absolute Gasteiger partial charge is 0.210 e. The van der Waals surface area contributed by atoms with Crippen LogP contribution in [0.15, 0.2) is 59.6 Å². The molecule has 2 rings (SSSR count). The SMILES string of the molecule is COc1ccc(C(C)N=C(NN)Nc2ccccc2)cc1. The highest BCUT2D eigenvalue weighted by molar-refractivity contribution is 5.93. The first-order valence-corrected chi connectivity index (χ1v) is 6.73. The highest BCUT2D eigenvalue weighted by Crippen LogP contribution is 2.20. The number of guanidine groups is 1. The van der Waals surface area contributed by atoms with Crippen LogP contribution in [-0.2, 0) is 0 Å². The minimum Gasteiger partial charge on any atom is -0.497 e. The molecule has 0 aliphatic heterocycles. The fourth-order valence-corrected chi connectivity index (χ4v) is 1.91. The molecular formula is C16H20N4O. The summed E-state index contributed by atoms with van der Waals surface area (Å²) in [5, 5.41) is 3.14. The molecule has 0 aliphatic rings. The number of ether oxygens (including phenoxy) is 1. The van der Waals surface area contributed by atoms with Crippen LogP contribution in [0, 0.1) is 0 Å². The van der Waals surface area contributed by atoms with Gasteiger partial charge in [0, 0.05) is 5.69 Å². The molecule has 0 spiro atoms. The Morgan fingerprint density at radius 2 is 1.76 bits per heavy atom. The van der Waals surface area contributed by atoms with E-state index in [2.05, 4.69) is 15.7 Å². The predicted molar refractivity (Wildman–Crippen MR) is 86.2 cm³/mol. The van der Waals surface area contributed by atoms with Gasteiger partial charge in [-0.3, -0.25) is 5.43 Å². The normalized spacial score (nSPS) is 12.6. The van der Waals surface area contributed by atoms with E-state index in [0.29, 0.717) is 5.96 Å². The monoisotopic (exact) mass is 284 g/mol. The Kier molecular flexibility index (Phi) is 5.17. The number of methoxy groups -OCH3 is 1. The van der Waals surface area contributed by atoms with E-state index in [0.717, 1.165) is 17.0 Å². The topological polar surface area (TPSA) is 71.7 Å². The molecule has 0 aliphatic carbocycles. The summed E-state index contributed by atoms with van der Waals surface area (Å²) in [5.41, 5.74) is 4.60. The van der Waals surface area contributed by atoms with Crippen LogP contribution in [0.2, 0.25) is 0 Å². The largest absolute Gasteiger partial charge is 0.497 e. The van der Waals surface area contributed by atoms with Crippen molar-refractivity contribution in [2.24, 2.45) is 10.8 Å². The number of para-hydroxylation sites is 1. The summed E-state index contributed by atoms with van der Waals surface area (Å²) in [7, 11) is 1.65. The Labute approximate surface area is 124 Å². The van der Waals surface area contributed by atoms with E-state index in [1.165, 1.54) is 0 Å². The Morgan fingerprint density at radius 3 is 2.33 bits per heavy atom. The first-order chi connectivity index (χ1) is 10.2. The van der Waals surface area contributed by atoms with E-state index in [-0.39, 0.29) is 6.04 Å². The number of hydrogen-bond donors (Lipinski definition) is 3. The van der Waals surface area contributed by atoms with Crippen LogP contribution < -0.4 is 21.3 Å². The quantitative estimate of drug-likeness (QED) is 0.349. The van der Waals surface area contributed by atoms with Crippen molar-refractivity contribution in [3.05, 3.63) is 60.2 Å². The standard InChI is InChI=1S/C16H20N4O/c1-12(13-8-10-15(21-2)11-9-13)18-16(20-17)19-14-6-4-3-5-7-14/h3-12H,17H2,1-2H3,(H2,18,19,20). The number of anilines is 1. The molecule has 5 nitrogen and oxygen atoms in total. The van der Waals surface area contributed by atoms with E-state index in [4.69, 9.17) is 10.6 Å². The zero-order valence-corrected chi connectivity index (χ0v) is 12.2. The fraction of sp³-hybridized carbons (Fsp3) is 0.188. The van der Waals surface area contributed by atoms with Crippen LogP contribution in [-0.4, -0.2) is 13.1 Å². The third kappa shape index (κ3) is 4.22. The van der Waals surface area contributed by atoms with Gasteiger partial charge < -0.3 is 10.1 Å². The second-order valence-electron chi connectivity index (χ2n) is 4.56. The minimum absolute atomic E-state index is 0.0295. The molecular weight excluding hydrogens is 264 g/mol. The molecule has 0 saturated heterocycles. The average molecular weight is 284 g/mol. The summed E-state index contributed by atoms with van der Waals surface area (Å²) in [6.07, 6.45) is 0. The zero-order valence-electron chi connectivity index (χ0n) is 12.2. The molecule has 0 radical (unpaired) electrons. The van der Waals surface area contributed by atoms with E-state index in [9.17, 15) is 0 Å². The maximum Gasteiger partial charge on any atom is 0.210 e. The van der Waals surface area contributed by atoms with E-state index >= 15 is 0 Å². The van der Waals surface area contributed by atoms with Gasteiger partial charge in [-0.2, -0.15) is 0 Å². The molecule has 0 aromatic heterocycles. The maximum atomic E-state index is 5.53. The van der Waals surface area contributed by atoms with Gasteiger partial charge in [-0.05, 0) is 36.8 Å². The van der Waals surface area contributed by atoms with Crippen LogP contribution >= 0.6 is 0 Å². The second-order valence-corrected chi connectivity index (χ2v) is 4.56. The van der Waals surface area contributed by atoms with E-state index in [1.807, 2.05) is 61.5 Å². The van der Waals surface area contributed by atoms with Crippen molar-refractivity contribution >= 4 is 11.6 Å². The Hall–Kier alpha value is -2.53. The third-order valence-electron chi connectivity index (χ3n) is 3.09. The highest BCUT2D eigenvalue weighted by atomic mass is 16.5. The molecule has 0 heterocycles. The molecule has 21 heavy (non-hydrogen) atoms. The molecule has 4 N–H and O–H groups in total. The van der Waals surface area contributed by atoms with Crippen molar-refractivity contribution in [2.75, 3.05) is 12.4 Å². The summed E-state index contributed by atoms with van der Waals surface area (Å²) >= 11 is 0.